The number of rotatable bonds is 2. The summed E-state index contributed by atoms with van der Waals surface area (Å²) in [6.45, 7) is 0.864. The van der Waals surface area contributed by atoms with Crippen LogP contribution in [-0.4, -0.2) is 6.66 Å². The van der Waals surface area contributed by atoms with Gasteiger partial charge < -0.3 is 0 Å². The summed E-state index contributed by atoms with van der Waals surface area (Å²) in [5.41, 5.74) is 0. The van der Waals surface area contributed by atoms with E-state index in [0.717, 1.165) is 6.66 Å². The molecule has 1 unspecified atom stereocenters. The van der Waals surface area contributed by atoms with Crippen LogP contribution in [0, 0.1) is 0 Å². The first-order chi connectivity index (χ1) is 3.42. The molecule has 1 atom stereocenters. The van der Waals surface area contributed by atoms with Crippen LogP contribution in [0.2, 0.25) is 0 Å². The molecule has 0 N–H and O–H groups in total. The van der Waals surface area contributed by atoms with Gasteiger partial charge in [-0.25, -0.2) is 0 Å². The van der Waals surface area contributed by atoms with Crippen molar-refractivity contribution in [2.24, 2.45) is 0 Å². The third-order valence-electron chi connectivity index (χ3n) is 0.208. The Labute approximate surface area is 45.7 Å². The van der Waals surface area contributed by atoms with Gasteiger partial charge in [0.15, 0.2) is 6.66 Å². The molecule has 2 nitrogen and oxygen atoms in total. The zero-order valence-corrected chi connectivity index (χ0v) is 5.63. The van der Waals surface area contributed by atoms with Gasteiger partial charge in [-0.05, 0) is 4.57 Å². The Morgan fingerprint density at radius 2 is 1.88 bits per heavy atom. The molecule has 7 heteroatoms. The fourth-order valence-corrected chi connectivity index (χ4v) is 1.17. The van der Waals surface area contributed by atoms with E-state index in [1.165, 1.54) is 0 Å². The van der Waals surface area contributed by atoms with Gasteiger partial charge in [-0.2, -0.15) is 0 Å². The lowest BCUT2D eigenvalue weighted by atomic mass is 12.0. The second kappa shape index (κ2) is 2.72. The molecule has 48 valence electrons. The summed E-state index contributed by atoms with van der Waals surface area (Å²) in [6.07, 6.45) is 0. The van der Waals surface area contributed by atoms with Crippen molar-refractivity contribution < 1.29 is 21.5 Å². The minimum Gasteiger partial charge on any atom is -0.0303 e. The van der Waals surface area contributed by atoms with Crippen LogP contribution in [0.25, 0.3) is 0 Å². The van der Waals surface area contributed by atoms with Crippen molar-refractivity contribution in [3.8, 4) is 0 Å². The zero-order valence-electron chi connectivity index (χ0n) is 3.84. The van der Waals surface area contributed by atoms with E-state index in [-0.39, 0.29) is 0 Å². The summed E-state index contributed by atoms with van der Waals surface area (Å²) < 4.78 is 45.8. The smallest absolute Gasteiger partial charge is 0.0303 e. The monoisotopic (exact) mass is 166 g/mol. The van der Waals surface area contributed by atoms with Crippen molar-refractivity contribution in [1.29, 1.82) is 0 Å². The zero-order chi connectivity index (χ0) is 6.78. The molecular formula is CH3F3O2P2+2. The maximum atomic E-state index is 11.0. The van der Waals surface area contributed by atoms with Crippen LogP contribution in [0.5, 0.6) is 0 Å². The van der Waals surface area contributed by atoms with Crippen molar-refractivity contribution in [3.63, 3.8) is 0 Å². The van der Waals surface area contributed by atoms with Gasteiger partial charge in [0, 0.05) is 0 Å². The number of hydrogen-bond donors (Lipinski definition) is 0. The van der Waals surface area contributed by atoms with E-state index in [1.54, 1.807) is 0 Å². The Balaban J connectivity index is 3.55. The quantitative estimate of drug-likeness (QED) is 0.589. The lowest BCUT2D eigenvalue weighted by molar-refractivity contribution is 0.409. The summed E-state index contributed by atoms with van der Waals surface area (Å²) in [5, 5.41) is 0. The van der Waals surface area contributed by atoms with E-state index in [9.17, 15) is 17.2 Å². The maximum absolute atomic E-state index is 11.0. The normalized spacial score (nSPS) is 13.8. The summed E-state index contributed by atoms with van der Waals surface area (Å²) in [7, 11) is -8.27. The molecule has 0 aromatic heterocycles. The highest BCUT2D eigenvalue weighted by Crippen LogP contribution is 2.69. The third-order valence-corrected chi connectivity index (χ3v) is 1.87. The first-order valence-electron chi connectivity index (χ1n) is 1.50. The summed E-state index contributed by atoms with van der Waals surface area (Å²) in [4.78, 5) is 0. The van der Waals surface area contributed by atoms with E-state index < -0.39 is 16.4 Å². The van der Waals surface area contributed by atoms with Gasteiger partial charge in [-0.1, -0.05) is 0 Å². The molecule has 0 saturated carbocycles. The molecule has 0 aromatic carbocycles. The Bertz CT molecular complexity index is 97.9. The van der Waals surface area contributed by atoms with E-state index in [0.29, 0.717) is 0 Å². The molecule has 0 bridgehead atoms. The second-order valence-electron chi connectivity index (χ2n) is 0.920. The van der Waals surface area contributed by atoms with E-state index in [1.807, 2.05) is 0 Å². The SMILES string of the molecule is C[P+](=O)O[P+](F)(F)F. The van der Waals surface area contributed by atoms with Crippen LogP contribution in [0.4, 0.5) is 12.6 Å². The van der Waals surface area contributed by atoms with Crippen LogP contribution in [0.15, 0.2) is 0 Å². The highest BCUT2D eigenvalue weighted by atomic mass is 31.3. The topological polar surface area (TPSA) is 26.3 Å². The average Bonchev–Trinajstić information content (AvgIpc) is 1.21. The standard InChI is InChI=1S/CH3F3O2P2/c1-7(5)6-8(2,3)4/h1H3/q+2. The van der Waals surface area contributed by atoms with E-state index >= 15 is 0 Å². The first-order valence-corrected chi connectivity index (χ1v) is 4.51. The summed E-state index contributed by atoms with van der Waals surface area (Å²) in [5.74, 6) is 0. The van der Waals surface area contributed by atoms with Gasteiger partial charge in [-0.15, -0.1) is 0 Å². The molecule has 0 fully saturated rings. The van der Waals surface area contributed by atoms with Gasteiger partial charge in [0.1, 0.15) is 4.31 Å². The Morgan fingerprint density at radius 1 is 1.50 bits per heavy atom. The van der Waals surface area contributed by atoms with Gasteiger partial charge in [0.05, 0.1) is 12.6 Å². The fourth-order valence-electron chi connectivity index (χ4n) is 0.130. The molecule has 0 aliphatic rings. The van der Waals surface area contributed by atoms with Crippen molar-refractivity contribution >= 4 is 16.4 Å². The summed E-state index contributed by atoms with van der Waals surface area (Å²) >= 11 is 0. The van der Waals surface area contributed by atoms with Crippen LogP contribution in [0.3, 0.4) is 0 Å². The lowest BCUT2D eigenvalue weighted by Gasteiger charge is -1.74. The van der Waals surface area contributed by atoms with Gasteiger partial charge in [-0.3, -0.25) is 0 Å². The molecular weight excluding hydrogens is 163 g/mol. The van der Waals surface area contributed by atoms with Crippen molar-refractivity contribution in [2.45, 2.75) is 0 Å². The Kier molecular flexibility index (Phi) is 2.81. The predicted octanol–water partition coefficient (Wildman–Crippen LogP) is 2.96. The van der Waals surface area contributed by atoms with Gasteiger partial charge in [0.2, 0.25) is 0 Å². The number of hydrogen-bond acceptors (Lipinski definition) is 2. The maximum Gasteiger partial charge on any atom is 0.758 e. The predicted molar refractivity (Wildman–Crippen MR) is 24.9 cm³/mol. The largest absolute Gasteiger partial charge is 0.758 e. The van der Waals surface area contributed by atoms with Crippen molar-refractivity contribution in [1.82, 2.24) is 0 Å². The first kappa shape index (κ1) is 8.28. The lowest BCUT2D eigenvalue weighted by Crippen LogP contribution is -1.66. The Hall–Kier alpha value is 0.280. The van der Waals surface area contributed by atoms with Crippen LogP contribution < -0.4 is 0 Å². The van der Waals surface area contributed by atoms with Crippen LogP contribution in [0.1, 0.15) is 0 Å². The van der Waals surface area contributed by atoms with Crippen molar-refractivity contribution in [2.75, 3.05) is 6.66 Å². The molecule has 0 aliphatic heterocycles. The second-order valence-corrected chi connectivity index (χ2v) is 3.25. The fraction of sp³-hybridized carbons (Fsp3) is 1.00. The molecule has 0 radical (unpaired) electrons. The molecule has 0 amide bonds. The number of halogens is 3. The molecule has 0 heterocycles. The Morgan fingerprint density at radius 3 is 1.88 bits per heavy atom. The minimum absolute atomic E-state index is 0.864. The molecule has 8 heavy (non-hydrogen) atoms. The van der Waals surface area contributed by atoms with Crippen LogP contribution in [-0.2, 0) is 8.88 Å². The van der Waals surface area contributed by atoms with E-state index in [4.69, 9.17) is 0 Å². The van der Waals surface area contributed by atoms with Crippen molar-refractivity contribution in [3.05, 3.63) is 0 Å². The average molecular weight is 166 g/mol. The highest BCUT2D eigenvalue weighted by molar-refractivity contribution is 7.62. The third kappa shape index (κ3) is 6.28. The molecule has 0 saturated heterocycles. The summed E-state index contributed by atoms with van der Waals surface area (Å²) in [6, 6.07) is 0. The highest BCUT2D eigenvalue weighted by Gasteiger charge is 2.55. The molecule has 0 aliphatic carbocycles. The molecule has 0 spiro atoms. The van der Waals surface area contributed by atoms with Crippen LogP contribution >= 0.6 is 16.4 Å². The molecule has 0 rings (SSSR count). The molecule has 0 aromatic rings. The van der Waals surface area contributed by atoms with Gasteiger partial charge >= 0.3 is 16.4 Å². The minimum atomic E-state index is -5.76. The van der Waals surface area contributed by atoms with E-state index in [2.05, 4.69) is 4.31 Å². The van der Waals surface area contributed by atoms with Gasteiger partial charge in [0.25, 0.3) is 0 Å².